The molecule has 0 aliphatic carbocycles. The molecule has 8 nitrogen and oxygen atoms in total. The van der Waals surface area contributed by atoms with E-state index in [1.54, 1.807) is 0 Å². The van der Waals surface area contributed by atoms with Crippen molar-refractivity contribution in [3.05, 3.63) is 90.6 Å². The zero-order valence-electron chi connectivity index (χ0n) is 18.0. The lowest BCUT2D eigenvalue weighted by atomic mass is 10.1. The van der Waals surface area contributed by atoms with E-state index in [0.717, 1.165) is 23.9 Å². The third kappa shape index (κ3) is 4.88. The Hall–Kier alpha value is -4.11. The van der Waals surface area contributed by atoms with Crippen LogP contribution < -0.4 is 4.72 Å². The molecule has 4 rings (SSSR count). The Labute approximate surface area is 191 Å². The number of hydrogen-bond acceptors (Lipinski definition) is 6. The van der Waals surface area contributed by atoms with Crippen LogP contribution >= 0.6 is 0 Å². The molecule has 0 fully saturated rings. The molecule has 0 atom stereocenters. The molecule has 4 aromatic rings. The van der Waals surface area contributed by atoms with Crippen LogP contribution in [0.1, 0.15) is 12.6 Å². The van der Waals surface area contributed by atoms with Crippen molar-refractivity contribution in [1.29, 1.82) is 0 Å². The van der Waals surface area contributed by atoms with Crippen LogP contribution in [-0.2, 0) is 14.8 Å². The van der Waals surface area contributed by atoms with Crippen molar-refractivity contribution >= 4 is 27.3 Å². The normalized spacial score (nSPS) is 11.6. The van der Waals surface area contributed by atoms with E-state index in [4.69, 9.17) is 5.10 Å². The SMILES string of the molecule is CC(=O)NS(=O)(=O)c1ccc(N=Nc2c(-c3ccccc3)nn(-c3ccccc3)c2C)cc1. The standard InChI is InChI=1S/C24H21N5O3S/c1-17-23(26-25-20-13-15-22(16-14-20)33(31,32)28-18(2)30)24(19-9-5-3-6-10-19)27-29(17)21-11-7-4-8-12-21/h3-16H,1-2H3,(H,28,30). The number of carbonyl (C=O) groups is 1. The minimum Gasteiger partial charge on any atom is -0.274 e. The van der Waals surface area contributed by atoms with Crippen LogP contribution in [0.4, 0.5) is 11.4 Å². The molecular formula is C24H21N5O3S. The van der Waals surface area contributed by atoms with Crippen LogP contribution in [0.5, 0.6) is 0 Å². The lowest BCUT2D eigenvalue weighted by molar-refractivity contribution is -0.117. The van der Waals surface area contributed by atoms with E-state index in [0.29, 0.717) is 17.1 Å². The Kier molecular flexibility index (Phi) is 6.14. The minimum atomic E-state index is -3.91. The maximum Gasteiger partial charge on any atom is 0.264 e. The number of nitrogens with one attached hydrogen (secondary N) is 1. The van der Waals surface area contributed by atoms with E-state index >= 15 is 0 Å². The average Bonchev–Trinajstić information content (AvgIpc) is 3.14. The van der Waals surface area contributed by atoms with Gasteiger partial charge in [0.1, 0.15) is 11.4 Å². The summed E-state index contributed by atoms with van der Waals surface area (Å²) in [6.45, 7) is 3.06. The van der Waals surface area contributed by atoms with Gasteiger partial charge in [-0.2, -0.15) is 10.2 Å². The molecule has 0 saturated heterocycles. The largest absolute Gasteiger partial charge is 0.274 e. The Bertz CT molecular complexity index is 1410. The van der Waals surface area contributed by atoms with E-state index < -0.39 is 15.9 Å². The first kappa shape index (κ1) is 22.1. The maximum atomic E-state index is 12.1. The molecule has 0 aliphatic rings. The zero-order valence-corrected chi connectivity index (χ0v) is 18.8. The number of rotatable bonds is 6. The molecule has 1 amide bonds. The smallest absolute Gasteiger partial charge is 0.264 e. The van der Waals surface area contributed by atoms with Crippen LogP contribution in [0.15, 0.2) is 100 Å². The van der Waals surface area contributed by atoms with Gasteiger partial charge in [-0.05, 0) is 43.3 Å². The Morgan fingerprint density at radius 3 is 2.09 bits per heavy atom. The first-order valence-corrected chi connectivity index (χ1v) is 11.6. The van der Waals surface area contributed by atoms with Crippen molar-refractivity contribution in [2.45, 2.75) is 18.7 Å². The summed E-state index contributed by atoms with van der Waals surface area (Å²) in [5.74, 6) is -0.655. The Balaban J connectivity index is 1.72. The predicted octanol–water partition coefficient (Wildman–Crippen LogP) is 5.09. The topological polar surface area (TPSA) is 106 Å². The third-order valence-electron chi connectivity index (χ3n) is 4.82. The Morgan fingerprint density at radius 1 is 0.879 bits per heavy atom. The molecule has 1 aromatic heterocycles. The van der Waals surface area contributed by atoms with Gasteiger partial charge in [0.25, 0.3) is 10.0 Å². The number of nitrogens with zero attached hydrogens (tertiary/aromatic N) is 4. The number of carbonyl (C=O) groups excluding carboxylic acids is 1. The average molecular weight is 460 g/mol. The second kappa shape index (κ2) is 9.17. The fourth-order valence-electron chi connectivity index (χ4n) is 3.27. The summed E-state index contributed by atoms with van der Waals surface area (Å²) in [4.78, 5) is 11.1. The summed E-state index contributed by atoms with van der Waals surface area (Å²) in [6, 6.07) is 25.3. The van der Waals surface area contributed by atoms with Crippen molar-refractivity contribution < 1.29 is 13.2 Å². The first-order chi connectivity index (χ1) is 15.8. The maximum absolute atomic E-state index is 12.1. The molecule has 9 heteroatoms. The van der Waals surface area contributed by atoms with Gasteiger partial charge < -0.3 is 0 Å². The molecule has 0 unspecified atom stereocenters. The fourth-order valence-corrected chi connectivity index (χ4v) is 4.26. The number of aromatic nitrogens is 2. The summed E-state index contributed by atoms with van der Waals surface area (Å²) in [7, 11) is -3.91. The molecule has 0 bridgehead atoms. The van der Waals surface area contributed by atoms with E-state index in [-0.39, 0.29) is 4.90 Å². The number of para-hydroxylation sites is 1. The van der Waals surface area contributed by atoms with Gasteiger partial charge in [0.2, 0.25) is 5.91 Å². The van der Waals surface area contributed by atoms with Crippen LogP contribution in [0, 0.1) is 6.92 Å². The van der Waals surface area contributed by atoms with Crippen LogP contribution in [0.25, 0.3) is 16.9 Å². The summed E-state index contributed by atoms with van der Waals surface area (Å²) in [5, 5.41) is 13.5. The number of amides is 1. The van der Waals surface area contributed by atoms with Crippen molar-refractivity contribution in [2.24, 2.45) is 10.2 Å². The lowest BCUT2D eigenvalue weighted by Gasteiger charge is -2.04. The van der Waals surface area contributed by atoms with E-state index in [1.807, 2.05) is 77.0 Å². The molecule has 3 aromatic carbocycles. The van der Waals surface area contributed by atoms with Crippen molar-refractivity contribution in [3.63, 3.8) is 0 Å². The quantitative estimate of drug-likeness (QED) is 0.405. The molecule has 166 valence electrons. The molecule has 0 spiro atoms. The molecule has 0 radical (unpaired) electrons. The van der Waals surface area contributed by atoms with Crippen LogP contribution in [0.2, 0.25) is 0 Å². The predicted molar refractivity (Wildman–Crippen MR) is 125 cm³/mol. The summed E-state index contributed by atoms with van der Waals surface area (Å²) in [5.41, 5.74) is 4.38. The fraction of sp³-hybridized carbons (Fsp3) is 0.0833. The van der Waals surface area contributed by atoms with Gasteiger partial charge >= 0.3 is 0 Å². The molecule has 1 heterocycles. The minimum absolute atomic E-state index is 0.0327. The molecule has 33 heavy (non-hydrogen) atoms. The van der Waals surface area contributed by atoms with E-state index in [9.17, 15) is 13.2 Å². The lowest BCUT2D eigenvalue weighted by Crippen LogP contribution is -2.28. The molecule has 0 saturated carbocycles. The summed E-state index contributed by atoms with van der Waals surface area (Å²) in [6.07, 6.45) is 0. The van der Waals surface area contributed by atoms with Gasteiger partial charge in [-0.3, -0.25) is 4.79 Å². The highest BCUT2D eigenvalue weighted by Crippen LogP contribution is 2.35. The van der Waals surface area contributed by atoms with Gasteiger partial charge in [-0.15, -0.1) is 5.11 Å². The molecular weight excluding hydrogens is 438 g/mol. The zero-order chi connectivity index (χ0) is 23.4. The number of hydrogen-bond donors (Lipinski definition) is 1. The summed E-state index contributed by atoms with van der Waals surface area (Å²) >= 11 is 0. The summed E-state index contributed by atoms with van der Waals surface area (Å²) < 4.78 is 28.0. The third-order valence-corrected chi connectivity index (χ3v) is 6.27. The second-order valence-electron chi connectivity index (χ2n) is 7.25. The van der Waals surface area contributed by atoms with Gasteiger partial charge in [-0.25, -0.2) is 17.8 Å². The van der Waals surface area contributed by atoms with Gasteiger partial charge in [-0.1, -0.05) is 48.5 Å². The van der Waals surface area contributed by atoms with Crippen molar-refractivity contribution in [1.82, 2.24) is 14.5 Å². The first-order valence-electron chi connectivity index (χ1n) is 10.1. The monoisotopic (exact) mass is 459 g/mol. The molecule has 1 N–H and O–H groups in total. The van der Waals surface area contributed by atoms with Crippen LogP contribution in [0.3, 0.4) is 0 Å². The van der Waals surface area contributed by atoms with Crippen LogP contribution in [-0.4, -0.2) is 24.1 Å². The van der Waals surface area contributed by atoms with Gasteiger partial charge in [0, 0.05) is 12.5 Å². The number of azo groups is 1. The van der Waals surface area contributed by atoms with E-state index in [2.05, 4.69) is 10.2 Å². The van der Waals surface area contributed by atoms with Crippen molar-refractivity contribution in [2.75, 3.05) is 0 Å². The number of benzene rings is 3. The highest BCUT2D eigenvalue weighted by atomic mass is 32.2. The second-order valence-corrected chi connectivity index (χ2v) is 8.93. The van der Waals surface area contributed by atoms with E-state index in [1.165, 1.54) is 24.3 Å². The Morgan fingerprint density at radius 2 is 1.48 bits per heavy atom. The van der Waals surface area contributed by atoms with Gasteiger partial charge in [0.15, 0.2) is 0 Å². The highest BCUT2D eigenvalue weighted by Gasteiger charge is 2.18. The van der Waals surface area contributed by atoms with Gasteiger partial charge in [0.05, 0.1) is 22.0 Å². The molecule has 0 aliphatic heterocycles. The number of sulfonamides is 1. The highest BCUT2D eigenvalue weighted by molar-refractivity contribution is 7.90. The van der Waals surface area contributed by atoms with Crippen molar-refractivity contribution in [3.8, 4) is 16.9 Å².